The van der Waals surface area contributed by atoms with Crippen molar-refractivity contribution in [3.05, 3.63) is 11.5 Å². The second-order valence-electron chi connectivity index (χ2n) is 6.08. The molecule has 6 unspecified atom stereocenters. The third-order valence-corrected chi connectivity index (χ3v) is 4.36. The number of aliphatic hydroxyl groups excluding tert-OH is 8. The van der Waals surface area contributed by atoms with E-state index in [1.54, 1.807) is 0 Å². The van der Waals surface area contributed by atoms with Gasteiger partial charge in [0, 0.05) is 5.92 Å². The molecule has 11 heteroatoms. The number of rotatable bonds is 4. The molecule has 11 nitrogen and oxygen atoms in total. The van der Waals surface area contributed by atoms with Gasteiger partial charge in [0.1, 0.15) is 36.6 Å². The first-order chi connectivity index (χ1) is 11.7. The van der Waals surface area contributed by atoms with E-state index in [2.05, 4.69) is 0 Å². The van der Waals surface area contributed by atoms with Crippen molar-refractivity contribution in [3.63, 3.8) is 0 Å². The Morgan fingerprint density at radius 1 is 0.840 bits per heavy atom. The SMILES string of the molecule is CC1C(O[C@H]2OC(CO)[C@@H](O)[C@H](O)C2O)OC(CO)C(O)=C(O)C1O. The van der Waals surface area contributed by atoms with Crippen molar-refractivity contribution >= 4 is 0 Å². The summed E-state index contributed by atoms with van der Waals surface area (Å²) in [6.07, 6.45) is -12.0. The first kappa shape index (κ1) is 20.3. The second-order valence-corrected chi connectivity index (χ2v) is 6.08. The largest absolute Gasteiger partial charge is 0.506 e. The van der Waals surface area contributed by atoms with Gasteiger partial charge in [-0.05, 0) is 0 Å². The lowest BCUT2D eigenvalue weighted by atomic mass is 9.99. The highest BCUT2D eigenvalue weighted by molar-refractivity contribution is 5.12. The van der Waals surface area contributed by atoms with Gasteiger partial charge in [-0.1, -0.05) is 6.92 Å². The Balaban J connectivity index is 2.17. The molecular weight excluding hydrogens is 344 g/mol. The van der Waals surface area contributed by atoms with Crippen LogP contribution in [0.5, 0.6) is 0 Å². The maximum Gasteiger partial charge on any atom is 0.189 e. The fraction of sp³-hybridized carbons (Fsp3) is 0.857. The summed E-state index contributed by atoms with van der Waals surface area (Å²) in [6, 6.07) is 0. The van der Waals surface area contributed by atoms with Gasteiger partial charge in [-0.25, -0.2) is 0 Å². The van der Waals surface area contributed by atoms with E-state index in [1.165, 1.54) is 6.92 Å². The van der Waals surface area contributed by atoms with Gasteiger partial charge < -0.3 is 55.1 Å². The molecule has 0 aliphatic carbocycles. The average molecular weight is 368 g/mol. The van der Waals surface area contributed by atoms with Crippen LogP contribution < -0.4 is 0 Å². The Kier molecular flexibility index (Phi) is 6.59. The van der Waals surface area contributed by atoms with Gasteiger partial charge in [0.15, 0.2) is 24.1 Å². The molecule has 9 atom stereocenters. The molecule has 0 aromatic heterocycles. The van der Waals surface area contributed by atoms with Crippen LogP contribution in [0.4, 0.5) is 0 Å². The highest BCUT2D eigenvalue weighted by Crippen LogP contribution is 2.31. The third kappa shape index (κ3) is 3.89. The van der Waals surface area contributed by atoms with Crippen LogP contribution >= 0.6 is 0 Å². The lowest BCUT2D eigenvalue weighted by Gasteiger charge is -2.41. The van der Waals surface area contributed by atoms with Crippen LogP contribution in [-0.4, -0.2) is 103 Å². The average Bonchev–Trinajstić information content (AvgIpc) is 2.68. The summed E-state index contributed by atoms with van der Waals surface area (Å²) in [4.78, 5) is 0. The molecule has 2 heterocycles. The van der Waals surface area contributed by atoms with E-state index in [1.807, 2.05) is 0 Å². The minimum Gasteiger partial charge on any atom is -0.506 e. The van der Waals surface area contributed by atoms with E-state index in [0.717, 1.165) is 0 Å². The van der Waals surface area contributed by atoms with E-state index in [-0.39, 0.29) is 0 Å². The summed E-state index contributed by atoms with van der Waals surface area (Å²) in [6.45, 7) is 0.0172. The molecule has 0 saturated carbocycles. The molecule has 146 valence electrons. The summed E-state index contributed by atoms with van der Waals surface area (Å²) >= 11 is 0. The van der Waals surface area contributed by atoms with Gasteiger partial charge in [0.25, 0.3) is 0 Å². The third-order valence-electron chi connectivity index (χ3n) is 4.36. The van der Waals surface area contributed by atoms with Crippen LogP contribution in [0.25, 0.3) is 0 Å². The van der Waals surface area contributed by atoms with Gasteiger partial charge >= 0.3 is 0 Å². The molecule has 2 aliphatic rings. The smallest absolute Gasteiger partial charge is 0.189 e. The van der Waals surface area contributed by atoms with Crippen LogP contribution in [0.1, 0.15) is 6.92 Å². The fourth-order valence-electron chi connectivity index (χ4n) is 2.66. The van der Waals surface area contributed by atoms with E-state index in [9.17, 15) is 35.7 Å². The predicted octanol–water partition coefficient (Wildman–Crippen LogP) is -3.16. The van der Waals surface area contributed by atoms with Gasteiger partial charge in [-0.3, -0.25) is 0 Å². The first-order valence-electron chi connectivity index (χ1n) is 7.75. The van der Waals surface area contributed by atoms with Crippen LogP contribution in [0.15, 0.2) is 11.5 Å². The zero-order valence-electron chi connectivity index (χ0n) is 13.4. The molecule has 0 aromatic rings. The van der Waals surface area contributed by atoms with E-state index in [4.69, 9.17) is 19.3 Å². The molecule has 0 amide bonds. The summed E-state index contributed by atoms with van der Waals surface area (Å²) < 4.78 is 15.9. The number of hydrogen-bond acceptors (Lipinski definition) is 11. The Hall–Kier alpha value is -1.02. The standard InChI is InChI=1S/C14H24O11/c1-4-7(17)10(20)8(18)5(2-15)23-13(4)25-14-12(22)11(21)9(19)6(3-16)24-14/h4-7,9,11-22H,2-3H2,1H3/t4?,5?,6?,7?,9-,11+,12?,13?,14-/m1/s1. The van der Waals surface area contributed by atoms with Gasteiger partial charge in [-0.15, -0.1) is 0 Å². The van der Waals surface area contributed by atoms with Crippen molar-refractivity contribution in [2.75, 3.05) is 13.2 Å². The second kappa shape index (κ2) is 8.12. The highest BCUT2D eigenvalue weighted by atomic mass is 16.8. The maximum atomic E-state index is 10.0. The molecule has 0 bridgehead atoms. The molecule has 1 saturated heterocycles. The maximum absolute atomic E-state index is 10.0. The van der Waals surface area contributed by atoms with Gasteiger partial charge in [0.05, 0.1) is 13.2 Å². The molecule has 2 aliphatic heterocycles. The molecule has 8 N–H and O–H groups in total. The van der Waals surface area contributed by atoms with Crippen molar-refractivity contribution in [1.29, 1.82) is 0 Å². The quantitative estimate of drug-likeness (QED) is 0.250. The predicted molar refractivity (Wildman–Crippen MR) is 78.1 cm³/mol. The van der Waals surface area contributed by atoms with Crippen LogP contribution in [-0.2, 0) is 14.2 Å². The van der Waals surface area contributed by atoms with Crippen molar-refractivity contribution in [3.8, 4) is 0 Å². The van der Waals surface area contributed by atoms with Gasteiger partial charge in [-0.2, -0.15) is 0 Å². The Bertz CT molecular complexity index is 477. The molecule has 1 fully saturated rings. The molecule has 0 spiro atoms. The van der Waals surface area contributed by atoms with Crippen molar-refractivity contribution in [2.24, 2.45) is 5.92 Å². The van der Waals surface area contributed by atoms with Crippen LogP contribution in [0, 0.1) is 5.92 Å². The monoisotopic (exact) mass is 368 g/mol. The zero-order valence-corrected chi connectivity index (χ0v) is 13.4. The van der Waals surface area contributed by atoms with Crippen molar-refractivity contribution < 1.29 is 55.1 Å². The number of aliphatic hydroxyl groups is 8. The molecule has 0 radical (unpaired) electrons. The van der Waals surface area contributed by atoms with Crippen LogP contribution in [0.3, 0.4) is 0 Å². The van der Waals surface area contributed by atoms with E-state index in [0.29, 0.717) is 0 Å². The summed E-state index contributed by atoms with van der Waals surface area (Å²) in [7, 11) is 0. The summed E-state index contributed by atoms with van der Waals surface area (Å²) in [5.74, 6) is -2.51. The number of hydrogen-bond donors (Lipinski definition) is 8. The Labute approximate surface area is 142 Å². The summed E-state index contributed by atoms with van der Waals surface area (Å²) in [5.41, 5.74) is 0. The van der Waals surface area contributed by atoms with Crippen LogP contribution in [0.2, 0.25) is 0 Å². The van der Waals surface area contributed by atoms with Gasteiger partial charge in [0.2, 0.25) is 0 Å². The normalized spacial score (nSPS) is 46.1. The fourth-order valence-corrected chi connectivity index (χ4v) is 2.66. The lowest BCUT2D eigenvalue weighted by molar-refractivity contribution is -0.349. The van der Waals surface area contributed by atoms with Crippen molar-refractivity contribution in [2.45, 2.75) is 56.1 Å². The van der Waals surface area contributed by atoms with Crippen molar-refractivity contribution in [1.82, 2.24) is 0 Å². The highest BCUT2D eigenvalue weighted by Gasteiger charge is 2.47. The Morgan fingerprint density at radius 3 is 2.04 bits per heavy atom. The zero-order chi connectivity index (χ0) is 18.9. The molecule has 2 rings (SSSR count). The minimum atomic E-state index is -1.70. The summed E-state index contributed by atoms with van der Waals surface area (Å²) in [5, 5.41) is 77.5. The topological polar surface area (TPSA) is 190 Å². The minimum absolute atomic E-state index is 0.656. The molecule has 0 aromatic carbocycles. The van der Waals surface area contributed by atoms with E-state index < -0.39 is 79.9 Å². The number of ether oxygens (including phenoxy) is 3. The molecular formula is C14H24O11. The Morgan fingerprint density at radius 2 is 1.48 bits per heavy atom. The first-order valence-corrected chi connectivity index (χ1v) is 7.75. The molecule has 25 heavy (non-hydrogen) atoms. The lowest BCUT2D eigenvalue weighted by Crippen LogP contribution is -2.60. The van der Waals surface area contributed by atoms with E-state index >= 15 is 0 Å².